The van der Waals surface area contributed by atoms with Crippen LogP contribution in [0.15, 0.2) is 12.7 Å². The Morgan fingerprint density at radius 3 is 2.62 bits per heavy atom. The van der Waals surface area contributed by atoms with E-state index in [4.69, 9.17) is 0 Å². The highest BCUT2D eigenvalue weighted by Gasteiger charge is 1.91. The number of ketones is 1. The summed E-state index contributed by atoms with van der Waals surface area (Å²) in [7, 11) is 0. The van der Waals surface area contributed by atoms with E-state index < -0.39 is 0 Å². The van der Waals surface area contributed by atoms with Crippen molar-refractivity contribution < 1.29 is 4.79 Å². The Morgan fingerprint density at radius 1 is 1.62 bits per heavy atom. The zero-order valence-electron chi connectivity index (χ0n) is 4.89. The maximum Gasteiger partial charge on any atom is 0.158 e. The van der Waals surface area contributed by atoms with Gasteiger partial charge in [-0.3, -0.25) is 4.79 Å². The number of allylic oxidation sites excluding steroid dienone is 1. The molecule has 2 radical (unpaired) electrons. The van der Waals surface area contributed by atoms with Crippen LogP contribution in [0.25, 0.3) is 0 Å². The Labute approximate surface area is 50.4 Å². The molecule has 0 heterocycles. The number of hydrogen-bond acceptors (Lipinski definition) is 1. The first kappa shape index (κ1) is 7.41. The van der Waals surface area contributed by atoms with Gasteiger partial charge in [0.1, 0.15) is 0 Å². The standard InChI is InChI=1S/C7H10O/c1-3-5-6-7(8)4-2/h4,6H,1-3,5H2. The van der Waals surface area contributed by atoms with Gasteiger partial charge < -0.3 is 0 Å². The fourth-order valence-electron chi connectivity index (χ4n) is 0.328. The van der Waals surface area contributed by atoms with Gasteiger partial charge in [0.25, 0.3) is 0 Å². The predicted molar refractivity (Wildman–Crippen MR) is 34.1 cm³/mol. The molecule has 44 valence electrons. The maximum atomic E-state index is 10.4. The molecule has 0 aliphatic rings. The number of unbranched alkanes of at least 4 members (excludes halogenated alkanes) is 1. The van der Waals surface area contributed by atoms with E-state index in [1.54, 1.807) is 6.42 Å². The van der Waals surface area contributed by atoms with Crippen molar-refractivity contribution in [3.8, 4) is 0 Å². The molecule has 0 aliphatic heterocycles. The highest BCUT2D eigenvalue weighted by molar-refractivity contribution is 5.96. The summed E-state index contributed by atoms with van der Waals surface area (Å²) in [6, 6.07) is 0. The van der Waals surface area contributed by atoms with Crippen LogP contribution in [0.1, 0.15) is 12.8 Å². The van der Waals surface area contributed by atoms with E-state index in [2.05, 4.69) is 13.5 Å². The van der Waals surface area contributed by atoms with Crippen LogP contribution in [0.3, 0.4) is 0 Å². The molecule has 0 saturated heterocycles. The van der Waals surface area contributed by atoms with Crippen LogP contribution in [-0.4, -0.2) is 5.78 Å². The van der Waals surface area contributed by atoms with Crippen LogP contribution in [0.5, 0.6) is 0 Å². The van der Waals surface area contributed by atoms with E-state index >= 15 is 0 Å². The van der Waals surface area contributed by atoms with E-state index in [1.165, 1.54) is 6.08 Å². The second-order valence-electron chi connectivity index (χ2n) is 1.45. The summed E-state index contributed by atoms with van der Waals surface area (Å²) in [6.45, 7) is 6.89. The smallest absolute Gasteiger partial charge is 0.158 e. The topological polar surface area (TPSA) is 17.1 Å². The molecule has 0 aliphatic carbocycles. The first-order valence-corrected chi connectivity index (χ1v) is 2.60. The summed E-state index contributed by atoms with van der Waals surface area (Å²) < 4.78 is 0. The van der Waals surface area contributed by atoms with Crippen molar-refractivity contribution in [2.75, 3.05) is 0 Å². The van der Waals surface area contributed by atoms with Gasteiger partial charge in [0, 0.05) is 6.42 Å². The van der Waals surface area contributed by atoms with Crippen molar-refractivity contribution in [3.05, 3.63) is 26.0 Å². The zero-order valence-corrected chi connectivity index (χ0v) is 4.89. The van der Waals surface area contributed by atoms with E-state index in [9.17, 15) is 4.79 Å². The summed E-state index contributed by atoms with van der Waals surface area (Å²) >= 11 is 0. The van der Waals surface area contributed by atoms with Crippen molar-refractivity contribution in [2.24, 2.45) is 0 Å². The lowest BCUT2D eigenvalue weighted by Gasteiger charge is -1.87. The van der Waals surface area contributed by atoms with Crippen molar-refractivity contribution in [3.63, 3.8) is 0 Å². The molecule has 1 heteroatoms. The lowest BCUT2D eigenvalue weighted by molar-refractivity contribution is -0.111. The molecule has 0 aromatic carbocycles. The molecule has 1 nitrogen and oxygen atoms in total. The van der Waals surface area contributed by atoms with E-state index in [0.717, 1.165) is 12.8 Å². The van der Waals surface area contributed by atoms with Gasteiger partial charge in [-0.25, -0.2) is 0 Å². The summed E-state index contributed by atoms with van der Waals surface area (Å²) in [5.74, 6) is -0.00588. The third-order valence-electron chi connectivity index (χ3n) is 0.751. The second-order valence-corrected chi connectivity index (χ2v) is 1.45. The van der Waals surface area contributed by atoms with Crippen molar-refractivity contribution >= 4 is 5.78 Å². The Bertz CT molecular complexity index is 84.4. The quantitative estimate of drug-likeness (QED) is 0.502. The molecule has 0 rings (SSSR count). The van der Waals surface area contributed by atoms with Gasteiger partial charge >= 0.3 is 0 Å². The molecular weight excluding hydrogens is 100 g/mol. The van der Waals surface area contributed by atoms with Crippen LogP contribution in [0.4, 0.5) is 0 Å². The van der Waals surface area contributed by atoms with Gasteiger partial charge in [-0.05, 0) is 12.5 Å². The molecule has 0 fully saturated rings. The Hall–Kier alpha value is -0.590. The summed E-state index contributed by atoms with van der Waals surface area (Å²) in [5.41, 5.74) is 0. The first-order chi connectivity index (χ1) is 3.81. The molecule has 8 heavy (non-hydrogen) atoms. The highest BCUT2D eigenvalue weighted by Crippen LogP contribution is 1.92. The van der Waals surface area contributed by atoms with Gasteiger partial charge in [0.15, 0.2) is 5.78 Å². The molecule has 0 atom stereocenters. The molecule has 0 spiro atoms. The van der Waals surface area contributed by atoms with Gasteiger partial charge in [-0.1, -0.05) is 19.9 Å². The van der Waals surface area contributed by atoms with Crippen LogP contribution in [0, 0.1) is 13.3 Å². The van der Waals surface area contributed by atoms with Crippen LogP contribution < -0.4 is 0 Å². The Morgan fingerprint density at radius 2 is 2.25 bits per heavy atom. The van der Waals surface area contributed by atoms with E-state index in [1.807, 2.05) is 0 Å². The average Bonchev–Trinajstić information content (AvgIpc) is 1.83. The number of carbonyl (C=O) groups excluding carboxylic acids is 1. The lowest BCUT2D eigenvalue weighted by Crippen LogP contribution is -1.90. The van der Waals surface area contributed by atoms with Gasteiger partial charge in [0.05, 0.1) is 0 Å². The van der Waals surface area contributed by atoms with Crippen LogP contribution >= 0.6 is 0 Å². The second kappa shape index (κ2) is 4.57. The van der Waals surface area contributed by atoms with Crippen LogP contribution in [-0.2, 0) is 4.79 Å². The van der Waals surface area contributed by atoms with Crippen molar-refractivity contribution in [2.45, 2.75) is 12.8 Å². The SMILES string of the molecule is [CH2]CC[CH]C(=O)C=C. The molecule has 0 N–H and O–H groups in total. The first-order valence-electron chi connectivity index (χ1n) is 2.60. The van der Waals surface area contributed by atoms with E-state index in [0.29, 0.717) is 0 Å². The highest BCUT2D eigenvalue weighted by atomic mass is 16.1. The fourth-order valence-corrected chi connectivity index (χ4v) is 0.328. The van der Waals surface area contributed by atoms with Gasteiger partial charge in [0.2, 0.25) is 0 Å². The molecule has 0 aromatic rings. The molecule has 0 aromatic heterocycles. The summed E-state index contributed by atoms with van der Waals surface area (Å²) in [4.78, 5) is 10.4. The maximum absolute atomic E-state index is 10.4. The molecule has 0 amide bonds. The molecule has 0 unspecified atom stereocenters. The minimum atomic E-state index is -0.00588. The average molecular weight is 110 g/mol. The Balaban J connectivity index is 3.11. The fraction of sp³-hybridized carbons (Fsp3) is 0.286. The van der Waals surface area contributed by atoms with Crippen molar-refractivity contribution in [1.29, 1.82) is 0 Å². The van der Waals surface area contributed by atoms with Crippen molar-refractivity contribution in [1.82, 2.24) is 0 Å². The van der Waals surface area contributed by atoms with Gasteiger partial charge in [-0.2, -0.15) is 0 Å². The third-order valence-corrected chi connectivity index (χ3v) is 0.751. The third kappa shape index (κ3) is 3.59. The molecule has 0 saturated carbocycles. The van der Waals surface area contributed by atoms with E-state index in [-0.39, 0.29) is 5.78 Å². The monoisotopic (exact) mass is 110 g/mol. The normalized spacial score (nSPS) is 8.62. The summed E-state index contributed by atoms with van der Waals surface area (Å²) in [6.07, 6.45) is 4.42. The number of carbonyl (C=O) groups is 1. The predicted octanol–water partition coefficient (Wildman–Crippen LogP) is 1.56. The minimum Gasteiger partial charge on any atom is -0.295 e. The minimum absolute atomic E-state index is 0.00588. The number of rotatable bonds is 4. The summed E-state index contributed by atoms with van der Waals surface area (Å²) in [5, 5.41) is 0. The van der Waals surface area contributed by atoms with Crippen LogP contribution in [0.2, 0.25) is 0 Å². The number of hydrogen-bond donors (Lipinski definition) is 0. The largest absolute Gasteiger partial charge is 0.295 e. The molecular formula is C7H10O. The molecule has 0 bridgehead atoms. The zero-order chi connectivity index (χ0) is 6.41. The lowest BCUT2D eigenvalue weighted by atomic mass is 10.2. The van der Waals surface area contributed by atoms with Gasteiger partial charge in [-0.15, -0.1) is 0 Å². The Kier molecular flexibility index (Phi) is 4.23.